The molecule has 1 aliphatic heterocycles. The highest BCUT2D eigenvalue weighted by Crippen LogP contribution is 2.02. The van der Waals surface area contributed by atoms with Gasteiger partial charge in [-0.05, 0) is 18.4 Å². The summed E-state index contributed by atoms with van der Waals surface area (Å²) in [7, 11) is 0. The van der Waals surface area contributed by atoms with Gasteiger partial charge in [-0.15, -0.1) is 0 Å². The van der Waals surface area contributed by atoms with Gasteiger partial charge in [-0.1, -0.05) is 30.3 Å². The van der Waals surface area contributed by atoms with Crippen LogP contribution < -0.4 is 10.6 Å². The minimum absolute atomic E-state index is 0.430. The van der Waals surface area contributed by atoms with E-state index >= 15 is 0 Å². The highest BCUT2D eigenvalue weighted by atomic mass is 16.5. The van der Waals surface area contributed by atoms with Gasteiger partial charge < -0.3 is 15.4 Å². The van der Waals surface area contributed by atoms with Crippen molar-refractivity contribution < 1.29 is 4.74 Å². The van der Waals surface area contributed by atoms with Crippen LogP contribution in [0.2, 0.25) is 0 Å². The van der Waals surface area contributed by atoms with Gasteiger partial charge in [0.2, 0.25) is 0 Å². The molecule has 1 aromatic carbocycles. The molecule has 2 rings (SSSR count). The second kappa shape index (κ2) is 6.74. The average Bonchev–Trinajstić information content (AvgIpc) is 2.28. The summed E-state index contributed by atoms with van der Waals surface area (Å²) in [5.74, 6) is 0.812. The van der Waals surface area contributed by atoms with E-state index in [-0.39, 0.29) is 0 Å². The van der Waals surface area contributed by atoms with Crippen LogP contribution in [0.4, 0.5) is 0 Å². The van der Waals surface area contributed by atoms with E-state index < -0.39 is 0 Å². The summed E-state index contributed by atoms with van der Waals surface area (Å²) in [6.45, 7) is 7.07. The van der Waals surface area contributed by atoms with Gasteiger partial charge in [-0.3, -0.25) is 0 Å². The average molecular weight is 234 g/mol. The lowest BCUT2D eigenvalue weighted by molar-refractivity contribution is 0.100. The normalized spacial score (nSPS) is 17.7. The maximum absolute atomic E-state index is 5.69. The van der Waals surface area contributed by atoms with Crippen LogP contribution in [0.25, 0.3) is 0 Å². The lowest BCUT2D eigenvalue weighted by atomic mass is 10.0. The van der Waals surface area contributed by atoms with Crippen molar-refractivity contribution in [3.05, 3.63) is 35.9 Å². The largest absolute Gasteiger partial charge is 0.375 e. The van der Waals surface area contributed by atoms with Crippen molar-refractivity contribution in [1.29, 1.82) is 0 Å². The SMILES string of the molecule is CC(COCc1ccccc1)NCC1CNC1. The van der Waals surface area contributed by atoms with Crippen LogP contribution in [-0.4, -0.2) is 32.3 Å². The molecule has 1 atom stereocenters. The fourth-order valence-electron chi connectivity index (χ4n) is 1.85. The third-order valence-electron chi connectivity index (χ3n) is 3.10. The van der Waals surface area contributed by atoms with Crippen LogP contribution in [0.5, 0.6) is 0 Å². The summed E-state index contributed by atoms with van der Waals surface area (Å²) in [5, 5.41) is 6.78. The molecular weight excluding hydrogens is 212 g/mol. The van der Waals surface area contributed by atoms with Crippen molar-refractivity contribution >= 4 is 0 Å². The fraction of sp³-hybridized carbons (Fsp3) is 0.571. The first-order valence-corrected chi connectivity index (χ1v) is 6.40. The number of hydrogen-bond acceptors (Lipinski definition) is 3. The van der Waals surface area contributed by atoms with E-state index in [2.05, 4.69) is 29.7 Å². The first-order valence-electron chi connectivity index (χ1n) is 6.40. The van der Waals surface area contributed by atoms with E-state index in [0.29, 0.717) is 12.6 Å². The number of rotatable bonds is 7. The fourth-order valence-corrected chi connectivity index (χ4v) is 1.85. The van der Waals surface area contributed by atoms with E-state index in [1.54, 1.807) is 0 Å². The Labute approximate surface area is 104 Å². The van der Waals surface area contributed by atoms with Crippen LogP contribution in [0.1, 0.15) is 12.5 Å². The zero-order valence-electron chi connectivity index (χ0n) is 10.5. The summed E-state index contributed by atoms with van der Waals surface area (Å²) in [6.07, 6.45) is 0. The van der Waals surface area contributed by atoms with Gasteiger partial charge in [0.15, 0.2) is 0 Å². The lowest BCUT2D eigenvalue weighted by Crippen LogP contribution is -2.49. The molecule has 1 heterocycles. The van der Waals surface area contributed by atoms with Crippen molar-refractivity contribution in [2.45, 2.75) is 19.6 Å². The minimum Gasteiger partial charge on any atom is -0.375 e. The van der Waals surface area contributed by atoms with Gasteiger partial charge in [0.1, 0.15) is 0 Å². The van der Waals surface area contributed by atoms with E-state index in [1.165, 1.54) is 5.56 Å². The van der Waals surface area contributed by atoms with E-state index in [9.17, 15) is 0 Å². The van der Waals surface area contributed by atoms with Gasteiger partial charge in [0.05, 0.1) is 13.2 Å². The Morgan fingerprint density at radius 2 is 2.12 bits per heavy atom. The van der Waals surface area contributed by atoms with Crippen molar-refractivity contribution in [3.8, 4) is 0 Å². The second-order valence-electron chi connectivity index (χ2n) is 4.83. The molecule has 0 radical (unpaired) electrons. The Hall–Kier alpha value is -0.900. The number of benzene rings is 1. The predicted molar refractivity (Wildman–Crippen MR) is 69.9 cm³/mol. The second-order valence-corrected chi connectivity index (χ2v) is 4.83. The van der Waals surface area contributed by atoms with E-state index in [0.717, 1.165) is 32.2 Å². The maximum atomic E-state index is 5.69. The number of ether oxygens (including phenoxy) is 1. The zero-order valence-corrected chi connectivity index (χ0v) is 10.5. The minimum atomic E-state index is 0.430. The molecule has 1 unspecified atom stereocenters. The monoisotopic (exact) mass is 234 g/mol. The Morgan fingerprint density at radius 1 is 1.35 bits per heavy atom. The molecule has 0 bridgehead atoms. The smallest absolute Gasteiger partial charge is 0.0717 e. The third kappa shape index (κ3) is 4.46. The molecule has 0 saturated carbocycles. The van der Waals surface area contributed by atoms with Crippen LogP contribution in [0, 0.1) is 5.92 Å². The van der Waals surface area contributed by atoms with Crippen LogP contribution in [0.15, 0.2) is 30.3 Å². The van der Waals surface area contributed by atoms with Crippen LogP contribution in [0.3, 0.4) is 0 Å². The van der Waals surface area contributed by atoms with Crippen molar-refractivity contribution in [1.82, 2.24) is 10.6 Å². The Bertz CT molecular complexity index is 311. The van der Waals surface area contributed by atoms with Gasteiger partial charge in [-0.2, -0.15) is 0 Å². The van der Waals surface area contributed by atoms with Gasteiger partial charge in [0, 0.05) is 25.7 Å². The molecule has 94 valence electrons. The quantitative estimate of drug-likeness (QED) is 0.748. The van der Waals surface area contributed by atoms with Crippen molar-refractivity contribution in [3.63, 3.8) is 0 Å². The Morgan fingerprint density at radius 3 is 2.76 bits per heavy atom. The lowest BCUT2D eigenvalue weighted by Gasteiger charge is -2.28. The first kappa shape index (κ1) is 12.6. The molecule has 17 heavy (non-hydrogen) atoms. The van der Waals surface area contributed by atoms with Crippen molar-refractivity contribution in [2.75, 3.05) is 26.2 Å². The Kier molecular flexibility index (Phi) is 4.98. The Balaban J connectivity index is 1.54. The molecule has 0 spiro atoms. The molecule has 0 aliphatic carbocycles. The molecule has 2 N–H and O–H groups in total. The summed E-state index contributed by atoms with van der Waals surface area (Å²) in [6, 6.07) is 10.7. The maximum Gasteiger partial charge on any atom is 0.0717 e. The number of nitrogens with one attached hydrogen (secondary N) is 2. The molecule has 1 saturated heterocycles. The third-order valence-corrected chi connectivity index (χ3v) is 3.10. The van der Waals surface area contributed by atoms with Crippen LogP contribution in [-0.2, 0) is 11.3 Å². The van der Waals surface area contributed by atoms with Crippen LogP contribution >= 0.6 is 0 Å². The molecule has 1 fully saturated rings. The zero-order chi connectivity index (χ0) is 11.9. The molecule has 1 aliphatic rings. The molecule has 3 heteroatoms. The first-order chi connectivity index (χ1) is 8.34. The summed E-state index contributed by atoms with van der Waals surface area (Å²) < 4.78 is 5.69. The van der Waals surface area contributed by atoms with Crippen molar-refractivity contribution in [2.24, 2.45) is 5.92 Å². The van der Waals surface area contributed by atoms with Gasteiger partial charge >= 0.3 is 0 Å². The van der Waals surface area contributed by atoms with E-state index in [1.807, 2.05) is 18.2 Å². The molecule has 0 amide bonds. The summed E-state index contributed by atoms with van der Waals surface area (Å²) in [5.41, 5.74) is 1.24. The number of hydrogen-bond donors (Lipinski definition) is 2. The van der Waals surface area contributed by atoms with Gasteiger partial charge in [0.25, 0.3) is 0 Å². The molecule has 1 aromatic rings. The molecule has 0 aromatic heterocycles. The summed E-state index contributed by atoms with van der Waals surface area (Å²) in [4.78, 5) is 0. The molecule has 3 nitrogen and oxygen atoms in total. The van der Waals surface area contributed by atoms with Gasteiger partial charge in [-0.25, -0.2) is 0 Å². The predicted octanol–water partition coefficient (Wildman–Crippen LogP) is 1.40. The summed E-state index contributed by atoms with van der Waals surface area (Å²) >= 11 is 0. The van der Waals surface area contributed by atoms with E-state index in [4.69, 9.17) is 4.74 Å². The highest BCUT2D eigenvalue weighted by Gasteiger charge is 2.16. The molecular formula is C14H22N2O. The standard InChI is InChI=1S/C14H22N2O/c1-12(16-9-14-7-15-8-14)10-17-11-13-5-3-2-4-6-13/h2-6,12,14-16H,7-11H2,1H3. The highest BCUT2D eigenvalue weighted by molar-refractivity contribution is 5.13. The topological polar surface area (TPSA) is 33.3 Å².